The fourth-order valence-electron chi connectivity index (χ4n) is 3.52. The second kappa shape index (κ2) is 12.0. The van der Waals surface area contributed by atoms with E-state index in [1.165, 1.54) is 0 Å². The minimum atomic E-state index is -0.337. The molecule has 0 aliphatic carbocycles. The van der Waals surface area contributed by atoms with Crippen LogP contribution in [0.1, 0.15) is 27.4 Å². The normalized spacial score (nSPS) is 10.9. The molecule has 5 heteroatoms. The lowest BCUT2D eigenvalue weighted by atomic mass is 9.92. The van der Waals surface area contributed by atoms with E-state index in [0.29, 0.717) is 24.5 Å². The maximum absolute atomic E-state index is 12.8. The number of hydrazone groups is 1. The minimum Gasteiger partial charge on any atom is -0.490 e. The highest BCUT2D eigenvalue weighted by molar-refractivity contribution is 5.97. The number of nitrogens with one attached hydrogen (secondary N) is 1. The van der Waals surface area contributed by atoms with E-state index in [-0.39, 0.29) is 11.8 Å². The molecule has 0 radical (unpaired) electrons. The maximum Gasteiger partial charge on any atom is 0.275 e. The van der Waals surface area contributed by atoms with Crippen molar-refractivity contribution in [1.82, 2.24) is 5.43 Å². The van der Waals surface area contributed by atoms with Crippen LogP contribution >= 0.6 is 0 Å². The summed E-state index contributed by atoms with van der Waals surface area (Å²) >= 11 is 0. The Bertz CT molecular complexity index is 1160. The highest BCUT2D eigenvalue weighted by Gasteiger charge is 2.14. The SMILES string of the molecule is O=C(NN=CC(c1ccccc1)c1ccccc1)c1ccccc1OCCOc1ccccc1. The summed E-state index contributed by atoms with van der Waals surface area (Å²) in [5.41, 5.74) is 5.24. The van der Waals surface area contributed by atoms with E-state index in [9.17, 15) is 4.79 Å². The number of nitrogens with zero attached hydrogens (tertiary/aromatic N) is 1. The first-order valence-electron chi connectivity index (χ1n) is 11.1. The van der Waals surface area contributed by atoms with Gasteiger partial charge in [-0.3, -0.25) is 4.79 Å². The average molecular weight is 451 g/mol. The molecule has 0 aromatic heterocycles. The Morgan fingerprint density at radius 3 is 1.88 bits per heavy atom. The highest BCUT2D eigenvalue weighted by atomic mass is 16.5. The van der Waals surface area contributed by atoms with E-state index in [1.54, 1.807) is 24.4 Å². The quantitative estimate of drug-likeness (QED) is 0.192. The summed E-state index contributed by atoms with van der Waals surface area (Å²) in [5, 5.41) is 4.27. The maximum atomic E-state index is 12.8. The second-order valence-electron chi connectivity index (χ2n) is 7.52. The Balaban J connectivity index is 1.39. The summed E-state index contributed by atoms with van der Waals surface area (Å²) in [6, 6.07) is 36.7. The Morgan fingerprint density at radius 1 is 0.706 bits per heavy atom. The van der Waals surface area contributed by atoms with Crippen LogP contribution in [0.3, 0.4) is 0 Å². The van der Waals surface area contributed by atoms with Gasteiger partial charge in [-0.25, -0.2) is 5.43 Å². The molecule has 0 saturated carbocycles. The van der Waals surface area contributed by atoms with Gasteiger partial charge >= 0.3 is 0 Å². The smallest absolute Gasteiger partial charge is 0.275 e. The molecule has 0 saturated heterocycles. The predicted octanol–water partition coefficient (Wildman–Crippen LogP) is 5.69. The van der Waals surface area contributed by atoms with Crippen molar-refractivity contribution in [1.29, 1.82) is 0 Å². The molecule has 0 fully saturated rings. The van der Waals surface area contributed by atoms with Gasteiger partial charge in [0.1, 0.15) is 24.7 Å². The van der Waals surface area contributed by atoms with Crippen molar-refractivity contribution in [2.75, 3.05) is 13.2 Å². The number of ether oxygens (including phenoxy) is 2. The third-order valence-electron chi connectivity index (χ3n) is 5.19. The molecule has 34 heavy (non-hydrogen) atoms. The zero-order chi connectivity index (χ0) is 23.4. The van der Waals surface area contributed by atoms with Gasteiger partial charge in [-0.2, -0.15) is 5.10 Å². The van der Waals surface area contributed by atoms with Crippen LogP contribution in [0.5, 0.6) is 11.5 Å². The molecule has 0 aliphatic rings. The molecule has 1 N–H and O–H groups in total. The number of para-hydroxylation sites is 2. The zero-order valence-electron chi connectivity index (χ0n) is 18.7. The van der Waals surface area contributed by atoms with Crippen LogP contribution in [0.15, 0.2) is 120 Å². The first kappa shape index (κ1) is 22.8. The third-order valence-corrected chi connectivity index (χ3v) is 5.19. The first-order valence-corrected chi connectivity index (χ1v) is 11.1. The number of hydrogen-bond donors (Lipinski definition) is 1. The lowest BCUT2D eigenvalue weighted by Crippen LogP contribution is -2.20. The van der Waals surface area contributed by atoms with E-state index in [2.05, 4.69) is 10.5 Å². The lowest BCUT2D eigenvalue weighted by molar-refractivity contribution is 0.0949. The van der Waals surface area contributed by atoms with Gasteiger partial charge in [0.05, 0.1) is 5.56 Å². The van der Waals surface area contributed by atoms with Crippen molar-refractivity contribution in [3.05, 3.63) is 132 Å². The van der Waals surface area contributed by atoms with Gasteiger partial charge in [-0.15, -0.1) is 0 Å². The fourth-order valence-corrected chi connectivity index (χ4v) is 3.52. The van der Waals surface area contributed by atoms with Crippen LogP contribution < -0.4 is 14.9 Å². The standard InChI is InChI=1S/C29H26N2O3/c32-29(26-18-10-11-19-28(26)34-21-20-33-25-16-8-3-9-17-25)31-30-22-27(23-12-4-1-5-13-23)24-14-6-2-7-15-24/h1-19,22,27H,20-21H2,(H,31,32). The van der Waals surface area contributed by atoms with Crippen molar-refractivity contribution >= 4 is 12.1 Å². The summed E-state index contributed by atoms with van der Waals surface area (Å²) in [7, 11) is 0. The van der Waals surface area contributed by atoms with Crippen molar-refractivity contribution < 1.29 is 14.3 Å². The summed E-state index contributed by atoms with van der Waals surface area (Å²) in [6.45, 7) is 0.681. The topological polar surface area (TPSA) is 59.9 Å². The summed E-state index contributed by atoms with van der Waals surface area (Å²) in [6.07, 6.45) is 1.75. The van der Waals surface area contributed by atoms with Crippen LogP contribution in [-0.2, 0) is 0 Å². The van der Waals surface area contributed by atoms with Crippen LogP contribution in [0.4, 0.5) is 0 Å². The molecule has 0 unspecified atom stereocenters. The summed E-state index contributed by atoms with van der Waals surface area (Å²) < 4.78 is 11.5. The Labute approximate surface area is 199 Å². The number of amides is 1. The van der Waals surface area contributed by atoms with E-state index < -0.39 is 0 Å². The van der Waals surface area contributed by atoms with Gasteiger partial charge in [0.15, 0.2) is 0 Å². The predicted molar refractivity (Wildman–Crippen MR) is 135 cm³/mol. The molecule has 4 rings (SSSR count). The number of benzene rings is 4. The Kier molecular flexibility index (Phi) is 8.06. The molecule has 5 nitrogen and oxygen atoms in total. The lowest BCUT2D eigenvalue weighted by Gasteiger charge is -2.13. The van der Waals surface area contributed by atoms with Gasteiger partial charge in [-0.05, 0) is 35.4 Å². The van der Waals surface area contributed by atoms with Crippen LogP contribution in [0, 0.1) is 0 Å². The van der Waals surface area contributed by atoms with Crippen molar-refractivity contribution in [3.8, 4) is 11.5 Å². The van der Waals surface area contributed by atoms with Crippen LogP contribution in [-0.4, -0.2) is 25.3 Å². The van der Waals surface area contributed by atoms with E-state index in [0.717, 1.165) is 16.9 Å². The minimum absolute atomic E-state index is 0.0793. The number of hydrogen-bond acceptors (Lipinski definition) is 4. The van der Waals surface area contributed by atoms with Gasteiger partial charge in [0.25, 0.3) is 5.91 Å². The Hall–Kier alpha value is -4.38. The highest BCUT2D eigenvalue weighted by Crippen LogP contribution is 2.23. The number of carbonyl (C=O) groups is 1. The molecule has 4 aromatic rings. The van der Waals surface area contributed by atoms with Crippen molar-refractivity contribution in [3.63, 3.8) is 0 Å². The van der Waals surface area contributed by atoms with Gasteiger partial charge < -0.3 is 9.47 Å². The van der Waals surface area contributed by atoms with Gasteiger partial charge in [-0.1, -0.05) is 91.0 Å². The van der Waals surface area contributed by atoms with E-state index in [4.69, 9.17) is 9.47 Å². The van der Waals surface area contributed by atoms with E-state index in [1.807, 2.05) is 97.1 Å². The molecule has 0 atom stereocenters. The molecular formula is C29H26N2O3. The molecule has 1 amide bonds. The molecule has 4 aromatic carbocycles. The van der Waals surface area contributed by atoms with Crippen molar-refractivity contribution in [2.45, 2.75) is 5.92 Å². The monoisotopic (exact) mass is 450 g/mol. The van der Waals surface area contributed by atoms with Gasteiger partial charge in [0, 0.05) is 12.1 Å². The third kappa shape index (κ3) is 6.33. The summed E-state index contributed by atoms with van der Waals surface area (Å²) in [4.78, 5) is 12.8. The largest absolute Gasteiger partial charge is 0.490 e. The molecule has 0 spiro atoms. The van der Waals surface area contributed by atoms with Crippen molar-refractivity contribution in [2.24, 2.45) is 5.10 Å². The second-order valence-corrected chi connectivity index (χ2v) is 7.52. The molecule has 170 valence electrons. The fraction of sp³-hybridized carbons (Fsp3) is 0.103. The van der Waals surface area contributed by atoms with E-state index >= 15 is 0 Å². The number of rotatable bonds is 10. The Morgan fingerprint density at radius 2 is 1.24 bits per heavy atom. The number of carbonyl (C=O) groups excluding carboxylic acids is 1. The zero-order valence-corrected chi connectivity index (χ0v) is 18.7. The molecular weight excluding hydrogens is 424 g/mol. The van der Waals surface area contributed by atoms with Crippen LogP contribution in [0.25, 0.3) is 0 Å². The summed E-state index contributed by atoms with van der Waals surface area (Å²) in [5.74, 6) is 0.840. The molecule has 0 aliphatic heterocycles. The molecule has 0 bridgehead atoms. The van der Waals surface area contributed by atoms with Crippen LogP contribution in [0.2, 0.25) is 0 Å². The average Bonchev–Trinajstić information content (AvgIpc) is 2.91. The van der Waals surface area contributed by atoms with Gasteiger partial charge in [0.2, 0.25) is 0 Å². The first-order chi connectivity index (χ1) is 16.8. The molecule has 0 heterocycles.